The van der Waals surface area contributed by atoms with Gasteiger partial charge in [-0.1, -0.05) is 43.5 Å². The number of rotatable bonds is 7. The third-order valence-corrected chi connectivity index (χ3v) is 6.14. The van der Waals surface area contributed by atoms with E-state index in [1.807, 2.05) is 30.3 Å². The topological polar surface area (TPSA) is 91.3 Å². The Morgan fingerprint density at radius 3 is 2.27 bits per heavy atom. The number of amides is 2. The largest absolute Gasteiger partial charge is 0.394 e. The molecule has 3 aromatic rings. The van der Waals surface area contributed by atoms with Crippen molar-refractivity contribution >= 4 is 11.8 Å². The normalized spacial score (nSPS) is 14.9. The van der Waals surface area contributed by atoms with Gasteiger partial charge in [-0.25, -0.2) is 0 Å². The summed E-state index contributed by atoms with van der Waals surface area (Å²) in [5.41, 5.74) is 3.73. The molecule has 1 fully saturated rings. The molecule has 2 aromatic carbocycles. The smallest absolute Gasteiger partial charge is 0.251 e. The minimum Gasteiger partial charge on any atom is -0.394 e. The summed E-state index contributed by atoms with van der Waals surface area (Å²) in [5.74, 6) is -0.397. The Labute approximate surface area is 194 Å². The molecular weight excluding hydrogens is 414 g/mol. The van der Waals surface area contributed by atoms with Crippen molar-refractivity contribution in [3.8, 4) is 11.1 Å². The summed E-state index contributed by atoms with van der Waals surface area (Å²) in [4.78, 5) is 29.5. The number of hydrogen-bond acceptors (Lipinski definition) is 4. The third kappa shape index (κ3) is 5.84. The molecule has 1 saturated carbocycles. The maximum atomic E-state index is 12.8. The molecule has 2 amide bonds. The molecule has 33 heavy (non-hydrogen) atoms. The maximum Gasteiger partial charge on any atom is 0.251 e. The lowest BCUT2D eigenvalue weighted by Gasteiger charge is -2.23. The number of aliphatic hydroxyl groups excluding tert-OH is 1. The quantitative estimate of drug-likeness (QED) is 0.508. The second kappa shape index (κ2) is 10.9. The first-order chi connectivity index (χ1) is 16.1. The third-order valence-electron chi connectivity index (χ3n) is 6.14. The van der Waals surface area contributed by atoms with Gasteiger partial charge in [-0.15, -0.1) is 0 Å². The van der Waals surface area contributed by atoms with Gasteiger partial charge in [-0.05, 0) is 65.9 Å². The van der Waals surface area contributed by atoms with Gasteiger partial charge in [-0.2, -0.15) is 0 Å². The Morgan fingerprint density at radius 1 is 0.879 bits per heavy atom. The first kappa shape index (κ1) is 22.7. The summed E-state index contributed by atoms with van der Waals surface area (Å²) < 4.78 is 0. The van der Waals surface area contributed by atoms with E-state index in [1.165, 1.54) is 6.42 Å². The Balaban J connectivity index is 1.42. The molecule has 1 atom stereocenters. The van der Waals surface area contributed by atoms with Gasteiger partial charge in [0.2, 0.25) is 0 Å². The second-order valence-corrected chi connectivity index (χ2v) is 8.46. The first-order valence-electron chi connectivity index (χ1n) is 11.5. The summed E-state index contributed by atoms with van der Waals surface area (Å²) in [5, 5.41) is 15.9. The monoisotopic (exact) mass is 443 g/mol. The molecule has 4 rings (SSSR count). The van der Waals surface area contributed by atoms with E-state index in [1.54, 1.807) is 42.7 Å². The van der Waals surface area contributed by atoms with Crippen LogP contribution in [0.2, 0.25) is 0 Å². The van der Waals surface area contributed by atoms with Crippen molar-refractivity contribution in [2.75, 3.05) is 6.61 Å². The molecule has 1 aliphatic rings. The Hall–Kier alpha value is -3.51. The maximum absolute atomic E-state index is 12.8. The fraction of sp³-hybridized carbons (Fsp3) is 0.296. The van der Waals surface area contributed by atoms with Gasteiger partial charge < -0.3 is 15.7 Å². The number of carbonyl (C=O) groups is 2. The molecule has 170 valence electrons. The van der Waals surface area contributed by atoms with Gasteiger partial charge in [0.1, 0.15) is 0 Å². The standard InChI is InChI=1S/C27H29N3O3/c31-18-25(22-5-4-6-23(17-22)27(33)29-24-7-2-1-3-8-24)30-26(32)21-11-9-19(10-12-21)20-13-15-28-16-14-20/h4-6,9-17,24-25,31H,1-3,7-8,18H2,(H,29,33)(H,30,32)/t25-/m1/s1. The summed E-state index contributed by atoms with van der Waals surface area (Å²) in [6, 6.07) is 17.8. The summed E-state index contributed by atoms with van der Waals surface area (Å²) in [6.07, 6.45) is 9.00. The van der Waals surface area contributed by atoms with Gasteiger partial charge >= 0.3 is 0 Å². The minimum absolute atomic E-state index is 0.113. The van der Waals surface area contributed by atoms with E-state index in [0.717, 1.165) is 36.8 Å². The number of nitrogens with zero attached hydrogens (tertiary/aromatic N) is 1. The van der Waals surface area contributed by atoms with Crippen molar-refractivity contribution < 1.29 is 14.7 Å². The highest BCUT2D eigenvalue weighted by molar-refractivity contribution is 5.96. The fourth-order valence-corrected chi connectivity index (χ4v) is 4.25. The van der Waals surface area contributed by atoms with Crippen LogP contribution in [0, 0.1) is 0 Å². The number of hydrogen-bond donors (Lipinski definition) is 3. The fourth-order valence-electron chi connectivity index (χ4n) is 4.25. The van der Waals surface area contributed by atoms with Crippen LogP contribution in [0.5, 0.6) is 0 Å². The van der Waals surface area contributed by atoms with E-state index in [0.29, 0.717) is 16.7 Å². The number of pyridine rings is 1. The molecule has 0 bridgehead atoms. The van der Waals surface area contributed by atoms with Gasteiger partial charge in [0.05, 0.1) is 12.6 Å². The SMILES string of the molecule is O=C(NC1CCCCC1)c1cccc([C@@H](CO)NC(=O)c2ccc(-c3ccncc3)cc2)c1. The van der Waals surface area contributed by atoms with Gasteiger partial charge in [0, 0.05) is 29.6 Å². The van der Waals surface area contributed by atoms with Crippen molar-refractivity contribution in [3.05, 3.63) is 89.7 Å². The molecule has 1 aliphatic carbocycles. The van der Waals surface area contributed by atoms with Crippen LogP contribution in [0.15, 0.2) is 73.1 Å². The lowest BCUT2D eigenvalue weighted by atomic mass is 9.95. The van der Waals surface area contributed by atoms with E-state index in [9.17, 15) is 14.7 Å². The van der Waals surface area contributed by atoms with Gasteiger partial charge in [-0.3, -0.25) is 14.6 Å². The van der Waals surface area contributed by atoms with Crippen molar-refractivity contribution in [1.82, 2.24) is 15.6 Å². The Kier molecular flexibility index (Phi) is 7.47. The van der Waals surface area contributed by atoms with Crippen LogP contribution in [-0.2, 0) is 0 Å². The molecule has 0 radical (unpaired) electrons. The van der Waals surface area contributed by atoms with Gasteiger partial charge in [0.15, 0.2) is 0 Å². The molecule has 1 aromatic heterocycles. The average molecular weight is 444 g/mol. The minimum atomic E-state index is -0.611. The number of carbonyl (C=O) groups excluding carboxylic acids is 2. The predicted octanol–water partition coefficient (Wildman–Crippen LogP) is 4.27. The highest BCUT2D eigenvalue weighted by Crippen LogP contribution is 2.21. The molecule has 0 unspecified atom stereocenters. The van der Waals surface area contributed by atoms with Crippen molar-refractivity contribution in [1.29, 1.82) is 0 Å². The number of benzene rings is 2. The highest BCUT2D eigenvalue weighted by Gasteiger charge is 2.19. The van der Waals surface area contributed by atoms with Crippen LogP contribution < -0.4 is 10.6 Å². The van der Waals surface area contributed by atoms with Crippen LogP contribution in [0.1, 0.15) is 64.4 Å². The van der Waals surface area contributed by atoms with Gasteiger partial charge in [0.25, 0.3) is 11.8 Å². The number of nitrogens with one attached hydrogen (secondary N) is 2. The molecule has 1 heterocycles. The molecule has 6 nitrogen and oxygen atoms in total. The van der Waals surface area contributed by atoms with Crippen molar-refractivity contribution in [2.24, 2.45) is 0 Å². The lowest BCUT2D eigenvalue weighted by Crippen LogP contribution is -2.36. The molecule has 0 saturated heterocycles. The summed E-state index contributed by atoms with van der Waals surface area (Å²) >= 11 is 0. The lowest BCUT2D eigenvalue weighted by molar-refractivity contribution is 0.0915. The highest BCUT2D eigenvalue weighted by atomic mass is 16.3. The van der Waals surface area contributed by atoms with Crippen LogP contribution >= 0.6 is 0 Å². The zero-order valence-electron chi connectivity index (χ0n) is 18.5. The van der Waals surface area contributed by atoms with Crippen LogP contribution in [0.4, 0.5) is 0 Å². The average Bonchev–Trinajstić information content (AvgIpc) is 2.88. The zero-order valence-corrected chi connectivity index (χ0v) is 18.5. The van der Waals surface area contributed by atoms with Crippen molar-refractivity contribution in [2.45, 2.75) is 44.2 Å². The summed E-state index contributed by atoms with van der Waals surface area (Å²) in [6.45, 7) is -0.269. The van der Waals surface area contributed by atoms with E-state index in [-0.39, 0.29) is 24.5 Å². The summed E-state index contributed by atoms with van der Waals surface area (Å²) in [7, 11) is 0. The predicted molar refractivity (Wildman–Crippen MR) is 128 cm³/mol. The number of aliphatic hydroxyl groups is 1. The van der Waals surface area contributed by atoms with E-state index < -0.39 is 6.04 Å². The Bertz CT molecular complexity index is 1080. The first-order valence-corrected chi connectivity index (χ1v) is 11.5. The molecule has 0 aliphatic heterocycles. The Morgan fingerprint density at radius 2 is 1.58 bits per heavy atom. The van der Waals surface area contributed by atoms with E-state index >= 15 is 0 Å². The van der Waals surface area contributed by atoms with Crippen LogP contribution in [0.25, 0.3) is 11.1 Å². The second-order valence-electron chi connectivity index (χ2n) is 8.46. The number of aromatic nitrogens is 1. The molecule has 3 N–H and O–H groups in total. The molecule has 0 spiro atoms. The zero-order chi connectivity index (χ0) is 23.0. The molecule has 6 heteroatoms. The van der Waals surface area contributed by atoms with Crippen LogP contribution in [0.3, 0.4) is 0 Å². The molecular formula is C27H29N3O3. The van der Waals surface area contributed by atoms with Crippen LogP contribution in [-0.4, -0.2) is 34.6 Å². The van der Waals surface area contributed by atoms with E-state index in [2.05, 4.69) is 15.6 Å². The van der Waals surface area contributed by atoms with Crippen molar-refractivity contribution in [3.63, 3.8) is 0 Å². The van der Waals surface area contributed by atoms with E-state index in [4.69, 9.17) is 0 Å².